The first kappa shape index (κ1) is 17.9. The van der Waals surface area contributed by atoms with Crippen molar-refractivity contribution >= 4 is 0 Å². The van der Waals surface area contributed by atoms with Gasteiger partial charge in [-0.05, 0) is 25.7 Å². The fourth-order valence-electron chi connectivity index (χ4n) is 3.12. The monoisotopic (exact) mass is 286 g/mol. The predicted octanol–water partition coefficient (Wildman–Crippen LogP) is 2.28. The van der Waals surface area contributed by atoms with Gasteiger partial charge in [-0.15, -0.1) is 0 Å². The molecule has 20 heavy (non-hydrogen) atoms. The van der Waals surface area contributed by atoms with Crippen LogP contribution in [0.2, 0.25) is 0 Å². The Morgan fingerprint density at radius 3 is 2.50 bits per heavy atom. The van der Waals surface area contributed by atoms with Gasteiger partial charge >= 0.3 is 0 Å². The molecule has 1 saturated heterocycles. The van der Waals surface area contributed by atoms with Crippen LogP contribution in [0.3, 0.4) is 0 Å². The molecule has 0 bridgehead atoms. The summed E-state index contributed by atoms with van der Waals surface area (Å²) in [4.78, 5) is 2.71. The molecule has 0 aromatic rings. The van der Waals surface area contributed by atoms with Gasteiger partial charge in [-0.1, -0.05) is 20.8 Å². The van der Waals surface area contributed by atoms with Gasteiger partial charge < -0.3 is 14.8 Å². The minimum absolute atomic E-state index is 0.345. The van der Waals surface area contributed by atoms with Gasteiger partial charge in [0.15, 0.2) is 0 Å². The molecule has 0 spiro atoms. The van der Waals surface area contributed by atoms with Gasteiger partial charge in [-0.3, -0.25) is 4.90 Å². The van der Waals surface area contributed by atoms with E-state index >= 15 is 0 Å². The SMILES string of the molecule is CCC1CN(CCCOCCOC)C(CC)(CC)CN1. The normalized spacial score (nSPS) is 23.1. The maximum atomic E-state index is 5.59. The first-order chi connectivity index (χ1) is 9.72. The van der Waals surface area contributed by atoms with Crippen LogP contribution < -0.4 is 5.32 Å². The summed E-state index contributed by atoms with van der Waals surface area (Å²) < 4.78 is 10.6. The average molecular weight is 286 g/mol. The molecule has 1 heterocycles. The second-order valence-corrected chi connectivity index (χ2v) is 5.82. The molecule has 1 N–H and O–H groups in total. The van der Waals surface area contributed by atoms with Crippen LogP contribution in [0.15, 0.2) is 0 Å². The number of rotatable bonds is 10. The van der Waals surface area contributed by atoms with Crippen molar-refractivity contribution in [3.63, 3.8) is 0 Å². The van der Waals surface area contributed by atoms with Crippen molar-refractivity contribution < 1.29 is 9.47 Å². The summed E-state index contributed by atoms with van der Waals surface area (Å²) in [6, 6.07) is 0.649. The maximum Gasteiger partial charge on any atom is 0.0700 e. The molecule has 1 fully saturated rings. The van der Waals surface area contributed by atoms with Crippen molar-refractivity contribution in [2.45, 2.75) is 58.0 Å². The quantitative estimate of drug-likeness (QED) is 0.625. The van der Waals surface area contributed by atoms with Crippen molar-refractivity contribution in [2.24, 2.45) is 0 Å². The predicted molar refractivity (Wildman–Crippen MR) is 84.3 cm³/mol. The third-order valence-electron chi connectivity index (χ3n) is 4.79. The van der Waals surface area contributed by atoms with E-state index in [1.807, 2.05) is 0 Å². The summed E-state index contributed by atoms with van der Waals surface area (Å²) in [5.74, 6) is 0. The van der Waals surface area contributed by atoms with Crippen molar-refractivity contribution in [3.8, 4) is 0 Å². The van der Waals surface area contributed by atoms with Gasteiger partial charge in [0, 0.05) is 44.9 Å². The Kier molecular flexibility index (Phi) is 8.69. The smallest absolute Gasteiger partial charge is 0.0700 e. The molecule has 1 unspecified atom stereocenters. The van der Waals surface area contributed by atoms with Crippen LogP contribution in [0, 0.1) is 0 Å². The summed E-state index contributed by atoms with van der Waals surface area (Å²) in [7, 11) is 1.71. The van der Waals surface area contributed by atoms with Gasteiger partial charge in [0.05, 0.1) is 13.2 Å². The number of piperazine rings is 1. The Balaban J connectivity index is 2.39. The molecule has 0 aromatic heterocycles. The molecule has 0 aliphatic carbocycles. The summed E-state index contributed by atoms with van der Waals surface area (Å²) in [5, 5.41) is 3.72. The van der Waals surface area contributed by atoms with Crippen LogP contribution in [0.5, 0.6) is 0 Å². The highest BCUT2D eigenvalue weighted by atomic mass is 16.5. The average Bonchev–Trinajstić information content (AvgIpc) is 2.50. The molecule has 1 aliphatic rings. The van der Waals surface area contributed by atoms with Gasteiger partial charge in [-0.25, -0.2) is 0 Å². The molecule has 1 aliphatic heterocycles. The molecule has 0 saturated carbocycles. The number of hydrogen-bond donors (Lipinski definition) is 1. The van der Waals surface area contributed by atoms with Crippen LogP contribution in [0.25, 0.3) is 0 Å². The first-order valence-electron chi connectivity index (χ1n) is 8.27. The van der Waals surface area contributed by atoms with E-state index in [9.17, 15) is 0 Å². The third kappa shape index (κ3) is 4.99. The zero-order chi connectivity index (χ0) is 14.8. The molecule has 4 heteroatoms. The number of ether oxygens (including phenoxy) is 2. The van der Waals surface area contributed by atoms with E-state index in [-0.39, 0.29) is 0 Å². The lowest BCUT2D eigenvalue weighted by molar-refractivity contribution is 0.0166. The van der Waals surface area contributed by atoms with E-state index in [1.165, 1.54) is 25.8 Å². The summed E-state index contributed by atoms with van der Waals surface area (Å²) in [5.41, 5.74) is 0.345. The topological polar surface area (TPSA) is 33.7 Å². The molecule has 4 nitrogen and oxygen atoms in total. The molecular weight excluding hydrogens is 252 g/mol. The van der Waals surface area contributed by atoms with Crippen LogP contribution in [0.4, 0.5) is 0 Å². The Labute approximate surface area is 125 Å². The summed E-state index contributed by atoms with van der Waals surface area (Å²) in [6.07, 6.45) is 4.77. The number of nitrogens with zero attached hydrogens (tertiary/aromatic N) is 1. The van der Waals surface area contributed by atoms with E-state index < -0.39 is 0 Å². The molecule has 0 aromatic carbocycles. The Bertz CT molecular complexity index is 245. The molecular formula is C16H34N2O2. The van der Waals surface area contributed by atoms with Crippen LogP contribution in [-0.2, 0) is 9.47 Å². The summed E-state index contributed by atoms with van der Waals surface area (Å²) >= 11 is 0. The van der Waals surface area contributed by atoms with Crippen LogP contribution >= 0.6 is 0 Å². The molecule has 0 radical (unpaired) electrons. The minimum atomic E-state index is 0.345. The van der Waals surface area contributed by atoms with Crippen LogP contribution in [0.1, 0.15) is 46.5 Å². The lowest BCUT2D eigenvalue weighted by atomic mass is 9.86. The summed E-state index contributed by atoms with van der Waals surface area (Å²) in [6.45, 7) is 12.6. The second kappa shape index (κ2) is 9.72. The fourth-order valence-corrected chi connectivity index (χ4v) is 3.12. The van der Waals surface area contributed by atoms with Crippen molar-refractivity contribution in [2.75, 3.05) is 46.6 Å². The second-order valence-electron chi connectivity index (χ2n) is 5.82. The highest BCUT2D eigenvalue weighted by Crippen LogP contribution is 2.27. The maximum absolute atomic E-state index is 5.59. The zero-order valence-corrected chi connectivity index (χ0v) is 13.9. The van der Waals surface area contributed by atoms with Crippen LogP contribution in [-0.4, -0.2) is 63.0 Å². The highest BCUT2D eigenvalue weighted by molar-refractivity contribution is 4.97. The fraction of sp³-hybridized carbons (Fsp3) is 1.00. The lowest BCUT2D eigenvalue weighted by Crippen LogP contribution is -2.64. The van der Waals surface area contributed by atoms with E-state index in [2.05, 4.69) is 31.0 Å². The van der Waals surface area contributed by atoms with Crippen molar-refractivity contribution in [3.05, 3.63) is 0 Å². The van der Waals surface area contributed by atoms with E-state index in [1.54, 1.807) is 7.11 Å². The van der Waals surface area contributed by atoms with Crippen molar-refractivity contribution in [1.29, 1.82) is 0 Å². The Morgan fingerprint density at radius 1 is 1.15 bits per heavy atom. The van der Waals surface area contributed by atoms with Crippen molar-refractivity contribution in [1.82, 2.24) is 10.2 Å². The molecule has 1 atom stereocenters. The molecule has 0 amide bonds. The standard InChI is InChI=1S/C16H34N2O2/c1-5-15-13-18(9-8-10-20-12-11-19-4)16(6-2,7-3)14-17-15/h15,17H,5-14H2,1-4H3. The largest absolute Gasteiger partial charge is 0.382 e. The zero-order valence-electron chi connectivity index (χ0n) is 13.9. The van der Waals surface area contributed by atoms with Gasteiger partial charge in [0.25, 0.3) is 0 Å². The van der Waals surface area contributed by atoms with E-state index in [0.717, 1.165) is 26.1 Å². The molecule has 120 valence electrons. The lowest BCUT2D eigenvalue weighted by Gasteiger charge is -2.49. The number of nitrogens with one attached hydrogen (secondary N) is 1. The Hall–Kier alpha value is -0.160. The van der Waals surface area contributed by atoms with E-state index in [4.69, 9.17) is 9.47 Å². The highest BCUT2D eigenvalue weighted by Gasteiger charge is 2.37. The number of hydrogen-bond acceptors (Lipinski definition) is 4. The van der Waals surface area contributed by atoms with Gasteiger partial charge in [0.1, 0.15) is 0 Å². The van der Waals surface area contributed by atoms with Gasteiger partial charge in [0.2, 0.25) is 0 Å². The van der Waals surface area contributed by atoms with Gasteiger partial charge in [-0.2, -0.15) is 0 Å². The first-order valence-corrected chi connectivity index (χ1v) is 8.27. The third-order valence-corrected chi connectivity index (χ3v) is 4.79. The molecule has 1 rings (SSSR count). The number of methoxy groups -OCH3 is 1. The minimum Gasteiger partial charge on any atom is -0.382 e. The Morgan fingerprint density at radius 2 is 1.90 bits per heavy atom. The van der Waals surface area contributed by atoms with E-state index in [0.29, 0.717) is 24.8 Å².